The molecule has 3 heterocycles. The normalized spacial score (nSPS) is 16.6. The fraction of sp³-hybridized carbons (Fsp3) is 0.462. The first-order chi connectivity index (χ1) is 9.58. The zero-order chi connectivity index (χ0) is 14.3. The van der Waals surface area contributed by atoms with E-state index in [0.717, 1.165) is 24.6 Å². The maximum atomic E-state index is 12.0. The van der Waals surface area contributed by atoms with E-state index in [-0.39, 0.29) is 11.6 Å². The van der Waals surface area contributed by atoms with Gasteiger partial charge in [0.05, 0.1) is 5.69 Å². The average molecular weight is 277 g/mol. The molecular formula is C13H15N3O4. The van der Waals surface area contributed by atoms with E-state index in [4.69, 9.17) is 9.84 Å². The number of carboxylic acids is 1. The van der Waals surface area contributed by atoms with E-state index in [9.17, 15) is 9.59 Å². The van der Waals surface area contributed by atoms with Crippen LogP contribution < -0.4 is 5.56 Å². The van der Waals surface area contributed by atoms with E-state index in [2.05, 4.69) is 5.10 Å². The number of hydrogen-bond donors (Lipinski definition) is 1. The summed E-state index contributed by atoms with van der Waals surface area (Å²) in [6, 6.07) is 2.89. The number of aromatic carboxylic acids is 1. The van der Waals surface area contributed by atoms with Crippen LogP contribution in [-0.4, -0.2) is 38.5 Å². The van der Waals surface area contributed by atoms with Crippen LogP contribution in [0.25, 0.3) is 5.65 Å². The second-order valence-corrected chi connectivity index (χ2v) is 4.96. The summed E-state index contributed by atoms with van der Waals surface area (Å²) >= 11 is 0. The topological polar surface area (TPSA) is 85.8 Å². The Hall–Kier alpha value is -2.15. The van der Waals surface area contributed by atoms with Gasteiger partial charge in [0.1, 0.15) is 11.3 Å². The van der Waals surface area contributed by atoms with Gasteiger partial charge in [0.25, 0.3) is 5.56 Å². The molecule has 7 nitrogen and oxygen atoms in total. The van der Waals surface area contributed by atoms with Gasteiger partial charge in [-0.1, -0.05) is 0 Å². The van der Waals surface area contributed by atoms with Crippen molar-refractivity contribution in [1.29, 1.82) is 0 Å². The van der Waals surface area contributed by atoms with Crippen LogP contribution in [0.3, 0.4) is 0 Å². The van der Waals surface area contributed by atoms with Crippen molar-refractivity contribution in [3.05, 3.63) is 33.9 Å². The number of rotatable bonds is 2. The summed E-state index contributed by atoms with van der Waals surface area (Å²) in [6.07, 6.45) is 1.74. The molecule has 0 aromatic carbocycles. The SMILES string of the molecule is Cn1c(C(=O)O)cc(=O)n2nc(C3CCOCC3)cc12. The molecule has 0 radical (unpaired) electrons. The van der Waals surface area contributed by atoms with Crippen molar-refractivity contribution in [3.63, 3.8) is 0 Å². The van der Waals surface area contributed by atoms with E-state index >= 15 is 0 Å². The molecule has 0 amide bonds. The average Bonchev–Trinajstić information content (AvgIpc) is 2.89. The Morgan fingerprint density at radius 1 is 1.40 bits per heavy atom. The predicted octanol–water partition coefficient (Wildman–Crippen LogP) is 0.625. The summed E-state index contributed by atoms with van der Waals surface area (Å²) < 4.78 is 8.05. The van der Waals surface area contributed by atoms with Crippen LogP contribution in [0.1, 0.15) is 34.9 Å². The third-order valence-electron chi connectivity index (χ3n) is 3.74. The van der Waals surface area contributed by atoms with E-state index in [1.165, 1.54) is 9.08 Å². The van der Waals surface area contributed by atoms with Gasteiger partial charge >= 0.3 is 5.97 Å². The first kappa shape index (κ1) is 12.9. The molecule has 1 aliphatic rings. The minimum atomic E-state index is -1.12. The van der Waals surface area contributed by atoms with Crippen LogP contribution in [0.2, 0.25) is 0 Å². The highest BCUT2D eigenvalue weighted by molar-refractivity contribution is 5.86. The van der Waals surface area contributed by atoms with Crippen LogP contribution in [0, 0.1) is 0 Å². The molecule has 0 unspecified atom stereocenters. The monoisotopic (exact) mass is 277 g/mol. The smallest absolute Gasteiger partial charge is 0.352 e. The highest BCUT2D eigenvalue weighted by Gasteiger charge is 2.21. The van der Waals surface area contributed by atoms with Crippen molar-refractivity contribution in [2.75, 3.05) is 13.2 Å². The Balaban J connectivity index is 2.15. The molecule has 0 atom stereocenters. The summed E-state index contributed by atoms with van der Waals surface area (Å²) in [5.74, 6) is -0.864. The van der Waals surface area contributed by atoms with E-state index in [1.54, 1.807) is 13.1 Å². The van der Waals surface area contributed by atoms with E-state index in [0.29, 0.717) is 18.9 Å². The molecule has 2 aromatic heterocycles. The molecule has 1 saturated heterocycles. The molecule has 1 fully saturated rings. The molecular weight excluding hydrogens is 262 g/mol. The lowest BCUT2D eigenvalue weighted by atomic mass is 9.97. The Morgan fingerprint density at radius 3 is 2.75 bits per heavy atom. The highest BCUT2D eigenvalue weighted by Crippen LogP contribution is 2.26. The van der Waals surface area contributed by atoms with Crippen molar-refractivity contribution < 1.29 is 14.6 Å². The standard InChI is InChI=1S/C13H15N3O4/c1-15-10(13(18)19)7-12(17)16-11(15)6-9(14-16)8-2-4-20-5-3-8/h6-8H,2-5H2,1H3,(H,18,19). The molecule has 0 saturated carbocycles. The Bertz CT molecular complexity index is 725. The first-order valence-corrected chi connectivity index (χ1v) is 6.48. The van der Waals surface area contributed by atoms with Crippen LogP contribution >= 0.6 is 0 Å². The molecule has 1 N–H and O–H groups in total. The molecule has 1 aliphatic heterocycles. The first-order valence-electron chi connectivity index (χ1n) is 6.48. The molecule has 3 rings (SSSR count). The van der Waals surface area contributed by atoms with Gasteiger partial charge in [-0.05, 0) is 12.8 Å². The van der Waals surface area contributed by atoms with Crippen LogP contribution in [0.5, 0.6) is 0 Å². The van der Waals surface area contributed by atoms with Crippen molar-refractivity contribution in [2.45, 2.75) is 18.8 Å². The van der Waals surface area contributed by atoms with Crippen LogP contribution in [0.15, 0.2) is 16.9 Å². The van der Waals surface area contributed by atoms with Gasteiger partial charge in [0.15, 0.2) is 0 Å². The molecule has 7 heteroatoms. The highest BCUT2D eigenvalue weighted by atomic mass is 16.5. The van der Waals surface area contributed by atoms with Crippen molar-refractivity contribution >= 4 is 11.6 Å². The Labute approximate surface area is 114 Å². The van der Waals surface area contributed by atoms with Gasteiger partial charge in [0.2, 0.25) is 0 Å². The second kappa shape index (κ2) is 4.75. The Morgan fingerprint density at radius 2 is 2.10 bits per heavy atom. The van der Waals surface area contributed by atoms with Gasteiger partial charge in [0, 0.05) is 38.3 Å². The zero-order valence-corrected chi connectivity index (χ0v) is 11.1. The summed E-state index contributed by atoms with van der Waals surface area (Å²) in [6.45, 7) is 1.38. The number of ether oxygens (including phenoxy) is 1. The lowest BCUT2D eigenvalue weighted by molar-refractivity contribution is 0.0685. The fourth-order valence-corrected chi connectivity index (χ4v) is 2.59. The van der Waals surface area contributed by atoms with Crippen LogP contribution in [-0.2, 0) is 11.8 Å². The summed E-state index contributed by atoms with van der Waals surface area (Å²) in [4.78, 5) is 23.1. The van der Waals surface area contributed by atoms with Gasteiger partial charge in [-0.2, -0.15) is 9.61 Å². The van der Waals surface area contributed by atoms with Crippen molar-refractivity contribution in [1.82, 2.24) is 14.2 Å². The maximum absolute atomic E-state index is 12.0. The van der Waals surface area contributed by atoms with Gasteiger partial charge in [-0.15, -0.1) is 0 Å². The number of aromatic nitrogens is 3. The second-order valence-electron chi connectivity index (χ2n) is 4.96. The van der Waals surface area contributed by atoms with E-state index in [1.807, 2.05) is 0 Å². The maximum Gasteiger partial charge on any atom is 0.352 e. The van der Waals surface area contributed by atoms with Crippen LogP contribution in [0.4, 0.5) is 0 Å². The molecule has 106 valence electrons. The summed E-state index contributed by atoms with van der Waals surface area (Å²) in [5, 5.41) is 13.4. The predicted molar refractivity (Wildman–Crippen MR) is 70.2 cm³/mol. The number of nitrogens with zero attached hydrogens (tertiary/aromatic N) is 3. The quantitative estimate of drug-likeness (QED) is 0.870. The molecule has 0 aliphatic carbocycles. The van der Waals surface area contributed by atoms with Gasteiger partial charge in [-0.3, -0.25) is 4.79 Å². The fourth-order valence-electron chi connectivity index (χ4n) is 2.59. The zero-order valence-electron chi connectivity index (χ0n) is 11.1. The van der Waals surface area contributed by atoms with Crippen molar-refractivity contribution in [3.8, 4) is 0 Å². The third kappa shape index (κ3) is 2.00. The van der Waals surface area contributed by atoms with E-state index < -0.39 is 11.5 Å². The third-order valence-corrected chi connectivity index (χ3v) is 3.74. The molecule has 0 bridgehead atoms. The molecule has 0 spiro atoms. The minimum Gasteiger partial charge on any atom is -0.477 e. The number of hydrogen-bond acceptors (Lipinski definition) is 4. The number of aryl methyl sites for hydroxylation is 1. The number of carboxylic acid groups (broad SMARTS) is 1. The lowest BCUT2D eigenvalue weighted by Gasteiger charge is -2.19. The van der Waals surface area contributed by atoms with Gasteiger partial charge in [-0.25, -0.2) is 4.79 Å². The molecule has 20 heavy (non-hydrogen) atoms. The van der Waals surface area contributed by atoms with Crippen molar-refractivity contribution in [2.24, 2.45) is 7.05 Å². The number of fused-ring (bicyclic) bond motifs is 1. The summed E-state index contributed by atoms with van der Waals surface area (Å²) in [7, 11) is 1.62. The summed E-state index contributed by atoms with van der Waals surface area (Å²) in [5.41, 5.74) is 0.856. The molecule has 2 aromatic rings. The largest absolute Gasteiger partial charge is 0.477 e. The van der Waals surface area contributed by atoms with Gasteiger partial charge < -0.3 is 14.4 Å². The Kier molecular flexibility index (Phi) is 3.06. The number of carbonyl (C=O) groups is 1. The lowest BCUT2D eigenvalue weighted by Crippen LogP contribution is -2.22. The minimum absolute atomic E-state index is 0.0408.